The molecule has 1 fully saturated rings. The summed E-state index contributed by atoms with van der Waals surface area (Å²) in [7, 11) is -3.93. The highest BCUT2D eigenvalue weighted by Crippen LogP contribution is 2.30. The van der Waals surface area contributed by atoms with Crippen molar-refractivity contribution in [3.63, 3.8) is 0 Å². The van der Waals surface area contributed by atoms with Crippen LogP contribution in [0, 0.1) is 0 Å². The lowest BCUT2D eigenvalue weighted by Crippen LogP contribution is -2.43. The molecule has 0 saturated carbocycles. The summed E-state index contributed by atoms with van der Waals surface area (Å²) in [6, 6.07) is 11.0. The first-order valence-electron chi connectivity index (χ1n) is 11.0. The minimum atomic E-state index is -3.93. The molecule has 2 aromatic carbocycles. The van der Waals surface area contributed by atoms with Crippen molar-refractivity contribution in [2.75, 3.05) is 41.1 Å². The first-order valence-corrected chi connectivity index (χ1v) is 12.5. The lowest BCUT2D eigenvalue weighted by atomic mass is 10.1. The molecule has 1 aliphatic rings. The van der Waals surface area contributed by atoms with Gasteiger partial charge in [0.1, 0.15) is 0 Å². The molecule has 10 heteroatoms. The number of rotatable bonds is 8. The van der Waals surface area contributed by atoms with Crippen LogP contribution in [0.25, 0.3) is 0 Å². The predicted octanol–water partition coefficient (Wildman–Crippen LogP) is 2.38. The number of hydrogen-bond donors (Lipinski definition) is 4. The Balaban J connectivity index is 1.92. The molecule has 1 saturated heterocycles. The van der Waals surface area contributed by atoms with Gasteiger partial charge in [-0.3, -0.25) is 14.3 Å². The Bertz CT molecular complexity index is 1100. The SMILES string of the molecule is CC[C@@H](C)NC(=O)c1ccc(N2CCNCC2)c(NS(=O)(=O)c2ccc(NC(C)=O)cc2)c1. The fraction of sp³-hybridized carbons (Fsp3) is 0.391. The summed E-state index contributed by atoms with van der Waals surface area (Å²) in [5.74, 6) is -0.492. The number of carbonyl (C=O) groups excluding carboxylic acids is 2. The van der Waals surface area contributed by atoms with Gasteiger partial charge in [0.15, 0.2) is 0 Å². The maximum Gasteiger partial charge on any atom is 0.261 e. The van der Waals surface area contributed by atoms with E-state index in [0.29, 0.717) is 16.9 Å². The van der Waals surface area contributed by atoms with Crippen LogP contribution in [0.3, 0.4) is 0 Å². The molecule has 3 rings (SSSR count). The summed E-state index contributed by atoms with van der Waals surface area (Å²) < 4.78 is 29.0. The fourth-order valence-corrected chi connectivity index (χ4v) is 4.54. The molecule has 0 aromatic heterocycles. The lowest BCUT2D eigenvalue weighted by molar-refractivity contribution is -0.114. The number of hydrogen-bond acceptors (Lipinski definition) is 6. The van der Waals surface area contributed by atoms with Crippen LogP contribution in [0.5, 0.6) is 0 Å². The zero-order valence-corrected chi connectivity index (χ0v) is 20.0. The average Bonchev–Trinajstić information content (AvgIpc) is 2.79. The first-order chi connectivity index (χ1) is 15.7. The summed E-state index contributed by atoms with van der Waals surface area (Å²) >= 11 is 0. The number of carbonyl (C=O) groups is 2. The van der Waals surface area contributed by atoms with Crippen LogP contribution >= 0.6 is 0 Å². The minimum absolute atomic E-state index is 0.00705. The van der Waals surface area contributed by atoms with Gasteiger partial charge < -0.3 is 20.9 Å². The van der Waals surface area contributed by atoms with Crippen LogP contribution in [-0.4, -0.2) is 52.5 Å². The van der Waals surface area contributed by atoms with Gasteiger partial charge in [0.25, 0.3) is 15.9 Å². The van der Waals surface area contributed by atoms with Gasteiger partial charge in [-0.1, -0.05) is 6.92 Å². The summed E-state index contributed by atoms with van der Waals surface area (Å²) in [5, 5.41) is 8.81. The number of amides is 2. The third-order valence-electron chi connectivity index (χ3n) is 5.44. The van der Waals surface area contributed by atoms with Crippen LogP contribution in [0.15, 0.2) is 47.4 Å². The lowest BCUT2D eigenvalue weighted by Gasteiger charge is -2.31. The Morgan fingerprint density at radius 2 is 1.76 bits per heavy atom. The molecule has 4 N–H and O–H groups in total. The van der Waals surface area contributed by atoms with Crippen molar-refractivity contribution >= 4 is 38.9 Å². The van der Waals surface area contributed by atoms with Crippen molar-refractivity contribution in [1.29, 1.82) is 0 Å². The molecule has 1 aliphatic heterocycles. The van der Waals surface area contributed by atoms with E-state index in [4.69, 9.17) is 0 Å². The molecule has 2 amide bonds. The second kappa shape index (κ2) is 10.7. The van der Waals surface area contributed by atoms with E-state index in [9.17, 15) is 18.0 Å². The Morgan fingerprint density at radius 1 is 1.09 bits per heavy atom. The number of benzene rings is 2. The standard InChI is InChI=1S/C23H31N5O4S/c1-4-16(2)25-23(30)18-5-10-22(28-13-11-24-12-14-28)21(15-18)27-33(31,32)20-8-6-19(7-9-20)26-17(3)29/h5-10,15-16,24,27H,4,11-14H2,1-3H3,(H,25,30)(H,26,29)/t16-/m1/s1. The smallest absolute Gasteiger partial charge is 0.261 e. The average molecular weight is 474 g/mol. The second-order valence-corrected chi connectivity index (χ2v) is 9.75. The van der Waals surface area contributed by atoms with Crippen LogP contribution in [0.2, 0.25) is 0 Å². The minimum Gasteiger partial charge on any atom is -0.367 e. The van der Waals surface area contributed by atoms with Gasteiger partial charge in [-0.25, -0.2) is 8.42 Å². The molecule has 9 nitrogen and oxygen atoms in total. The highest BCUT2D eigenvalue weighted by molar-refractivity contribution is 7.92. The Morgan fingerprint density at radius 3 is 2.36 bits per heavy atom. The maximum absolute atomic E-state index is 13.1. The molecule has 0 radical (unpaired) electrons. The quantitative estimate of drug-likeness (QED) is 0.467. The van der Waals surface area contributed by atoms with E-state index in [1.807, 2.05) is 13.8 Å². The van der Waals surface area contributed by atoms with Crippen molar-refractivity contribution < 1.29 is 18.0 Å². The summed E-state index contributed by atoms with van der Waals surface area (Å²) in [6.45, 7) is 8.29. The van der Waals surface area contributed by atoms with Gasteiger partial charge in [-0.05, 0) is 55.8 Å². The third kappa shape index (κ3) is 6.45. The zero-order chi connectivity index (χ0) is 24.0. The predicted molar refractivity (Wildman–Crippen MR) is 130 cm³/mol. The van der Waals surface area contributed by atoms with Crippen molar-refractivity contribution in [2.24, 2.45) is 0 Å². The number of anilines is 3. The van der Waals surface area contributed by atoms with E-state index < -0.39 is 10.0 Å². The van der Waals surface area contributed by atoms with Gasteiger partial charge in [0.05, 0.1) is 16.3 Å². The summed E-state index contributed by atoms with van der Waals surface area (Å²) in [4.78, 5) is 26.0. The molecular formula is C23H31N5O4S. The molecule has 0 unspecified atom stereocenters. The number of sulfonamides is 1. The van der Waals surface area contributed by atoms with E-state index in [1.165, 1.54) is 31.2 Å². The summed E-state index contributed by atoms with van der Waals surface area (Å²) in [6.07, 6.45) is 0.790. The number of piperazine rings is 1. The Labute approximate surface area is 195 Å². The Kier molecular flexibility index (Phi) is 7.93. The van der Waals surface area contributed by atoms with Crippen LogP contribution in [0.1, 0.15) is 37.6 Å². The molecule has 33 heavy (non-hydrogen) atoms. The van der Waals surface area contributed by atoms with E-state index in [1.54, 1.807) is 18.2 Å². The molecular weight excluding hydrogens is 442 g/mol. The molecule has 0 bridgehead atoms. The van der Waals surface area contributed by atoms with Gasteiger partial charge in [-0.15, -0.1) is 0 Å². The molecule has 2 aromatic rings. The van der Waals surface area contributed by atoms with Gasteiger partial charge >= 0.3 is 0 Å². The highest BCUT2D eigenvalue weighted by Gasteiger charge is 2.22. The summed E-state index contributed by atoms with van der Waals surface area (Å²) in [5.41, 5.74) is 1.95. The van der Waals surface area contributed by atoms with Crippen LogP contribution in [0.4, 0.5) is 17.1 Å². The van der Waals surface area contributed by atoms with Crippen molar-refractivity contribution in [2.45, 2.75) is 38.1 Å². The van der Waals surface area contributed by atoms with Gasteiger partial charge in [0, 0.05) is 50.4 Å². The second-order valence-electron chi connectivity index (χ2n) is 8.06. The molecule has 1 heterocycles. The van der Waals surface area contributed by atoms with E-state index in [-0.39, 0.29) is 22.8 Å². The molecule has 0 spiro atoms. The Hall–Kier alpha value is -3.11. The van der Waals surface area contributed by atoms with E-state index in [0.717, 1.165) is 38.3 Å². The van der Waals surface area contributed by atoms with Crippen LogP contribution in [-0.2, 0) is 14.8 Å². The van der Waals surface area contributed by atoms with Crippen LogP contribution < -0.4 is 25.6 Å². The largest absolute Gasteiger partial charge is 0.367 e. The topological polar surface area (TPSA) is 120 Å². The van der Waals surface area contributed by atoms with Gasteiger partial charge in [0.2, 0.25) is 5.91 Å². The third-order valence-corrected chi connectivity index (χ3v) is 6.82. The number of nitrogens with zero attached hydrogens (tertiary/aromatic N) is 1. The van der Waals surface area contributed by atoms with Crippen molar-refractivity contribution in [3.8, 4) is 0 Å². The fourth-order valence-electron chi connectivity index (χ4n) is 3.47. The molecule has 178 valence electrons. The van der Waals surface area contributed by atoms with E-state index >= 15 is 0 Å². The first kappa shape index (κ1) is 24.5. The maximum atomic E-state index is 13.1. The van der Waals surface area contributed by atoms with Crippen molar-refractivity contribution in [1.82, 2.24) is 10.6 Å². The van der Waals surface area contributed by atoms with E-state index in [2.05, 4.69) is 25.6 Å². The number of nitrogens with one attached hydrogen (secondary N) is 4. The normalized spacial score (nSPS) is 14.9. The zero-order valence-electron chi connectivity index (χ0n) is 19.1. The monoisotopic (exact) mass is 473 g/mol. The van der Waals surface area contributed by atoms with Crippen molar-refractivity contribution in [3.05, 3.63) is 48.0 Å². The molecule has 0 aliphatic carbocycles. The highest BCUT2D eigenvalue weighted by atomic mass is 32.2. The van der Waals surface area contributed by atoms with Gasteiger partial charge in [-0.2, -0.15) is 0 Å². The molecule has 1 atom stereocenters.